The Hall–Kier alpha value is -2.24. The first-order valence-electron chi connectivity index (χ1n) is 8.17. The summed E-state index contributed by atoms with van der Waals surface area (Å²) in [5, 5.41) is 3.33. The SMILES string of the molecule is Fc1cc(C2CCNC2)ccc1-c1cn2c(n1)sc1ccccc12. The van der Waals surface area contributed by atoms with Gasteiger partial charge in [0.15, 0.2) is 4.96 Å². The third-order valence-electron chi connectivity index (χ3n) is 4.80. The molecule has 0 radical (unpaired) electrons. The first-order valence-corrected chi connectivity index (χ1v) is 8.98. The Balaban J connectivity index is 1.59. The van der Waals surface area contributed by atoms with Crippen LogP contribution >= 0.6 is 11.3 Å². The van der Waals surface area contributed by atoms with Gasteiger partial charge in [-0.2, -0.15) is 0 Å². The topological polar surface area (TPSA) is 29.3 Å². The van der Waals surface area contributed by atoms with Gasteiger partial charge >= 0.3 is 0 Å². The van der Waals surface area contributed by atoms with Crippen molar-refractivity contribution in [3.8, 4) is 11.3 Å². The zero-order valence-electron chi connectivity index (χ0n) is 13.0. The molecule has 3 heterocycles. The van der Waals surface area contributed by atoms with Crippen LogP contribution in [0.4, 0.5) is 4.39 Å². The van der Waals surface area contributed by atoms with Crippen LogP contribution in [0.5, 0.6) is 0 Å². The number of rotatable bonds is 2. The summed E-state index contributed by atoms with van der Waals surface area (Å²) < 4.78 is 17.9. The van der Waals surface area contributed by atoms with Crippen molar-refractivity contribution in [3.05, 3.63) is 60.0 Å². The molecule has 0 amide bonds. The average molecular weight is 337 g/mol. The van der Waals surface area contributed by atoms with Crippen molar-refractivity contribution in [1.82, 2.24) is 14.7 Å². The Morgan fingerprint density at radius 2 is 2.12 bits per heavy atom. The van der Waals surface area contributed by atoms with Crippen molar-refractivity contribution >= 4 is 26.5 Å². The molecule has 0 spiro atoms. The van der Waals surface area contributed by atoms with Gasteiger partial charge in [0.2, 0.25) is 0 Å². The maximum atomic E-state index is 14.7. The van der Waals surface area contributed by atoms with E-state index in [9.17, 15) is 4.39 Å². The highest BCUT2D eigenvalue weighted by Gasteiger charge is 2.19. The summed E-state index contributed by atoms with van der Waals surface area (Å²) in [5.41, 5.74) is 3.46. The molecule has 1 fully saturated rings. The normalized spacial score (nSPS) is 18.0. The lowest BCUT2D eigenvalue weighted by Crippen LogP contribution is -2.08. The van der Waals surface area contributed by atoms with Crippen LogP contribution in [-0.4, -0.2) is 22.5 Å². The fourth-order valence-electron chi connectivity index (χ4n) is 3.51. The van der Waals surface area contributed by atoms with Crippen LogP contribution < -0.4 is 5.32 Å². The maximum absolute atomic E-state index is 14.7. The van der Waals surface area contributed by atoms with Gasteiger partial charge in [0.25, 0.3) is 0 Å². The minimum absolute atomic E-state index is 0.186. The second-order valence-electron chi connectivity index (χ2n) is 6.28. The van der Waals surface area contributed by atoms with Crippen molar-refractivity contribution in [2.24, 2.45) is 0 Å². The zero-order valence-corrected chi connectivity index (χ0v) is 13.8. The van der Waals surface area contributed by atoms with Crippen LogP contribution in [0.25, 0.3) is 26.4 Å². The van der Waals surface area contributed by atoms with Crippen molar-refractivity contribution < 1.29 is 4.39 Å². The van der Waals surface area contributed by atoms with Gasteiger partial charge in [-0.15, -0.1) is 0 Å². The molecule has 1 N–H and O–H groups in total. The fraction of sp³-hybridized carbons (Fsp3) is 0.211. The van der Waals surface area contributed by atoms with Crippen LogP contribution in [0.2, 0.25) is 0 Å². The quantitative estimate of drug-likeness (QED) is 0.586. The summed E-state index contributed by atoms with van der Waals surface area (Å²) in [6.45, 7) is 1.95. The molecule has 1 unspecified atom stereocenters. The fourth-order valence-corrected chi connectivity index (χ4v) is 4.52. The first kappa shape index (κ1) is 14.1. The summed E-state index contributed by atoms with van der Waals surface area (Å²) >= 11 is 1.63. The predicted octanol–water partition coefficient (Wildman–Crippen LogP) is 4.43. The molecule has 1 aliphatic rings. The highest BCUT2D eigenvalue weighted by molar-refractivity contribution is 7.23. The van der Waals surface area contributed by atoms with Gasteiger partial charge in [0.05, 0.1) is 15.9 Å². The molecule has 0 bridgehead atoms. The van der Waals surface area contributed by atoms with Crippen LogP contribution in [0, 0.1) is 5.82 Å². The van der Waals surface area contributed by atoms with Crippen molar-refractivity contribution in [1.29, 1.82) is 0 Å². The summed E-state index contributed by atoms with van der Waals surface area (Å²) in [4.78, 5) is 5.54. The maximum Gasteiger partial charge on any atom is 0.195 e. The van der Waals surface area contributed by atoms with E-state index >= 15 is 0 Å². The van der Waals surface area contributed by atoms with E-state index in [1.165, 1.54) is 4.70 Å². The van der Waals surface area contributed by atoms with Crippen molar-refractivity contribution in [2.75, 3.05) is 13.1 Å². The van der Waals surface area contributed by atoms with Gasteiger partial charge in [-0.25, -0.2) is 9.37 Å². The van der Waals surface area contributed by atoms with Gasteiger partial charge in [-0.1, -0.05) is 29.5 Å². The Kier molecular flexibility index (Phi) is 3.18. The minimum atomic E-state index is -0.186. The number of hydrogen-bond donors (Lipinski definition) is 1. The van der Waals surface area contributed by atoms with Gasteiger partial charge in [-0.05, 0) is 48.7 Å². The minimum Gasteiger partial charge on any atom is -0.316 e. The molecule has 4 aromatic rings. The number of hydrogen-bond acceptors (Lipinski definition) is 3. The predicted molar refractivity (Wildman–Crippen MR) is 96.2 cm³/mol. The lowest BCUT2D eigenvalue weighted by Gasteiger charge is -2.10. The Morgan fingerprint density at radius 1 is 1.21 bits per heavy atom. The second-order valence-corrected chi connectivity index (χ2v) is 7.29. The van der Waals surface area contributed by atoms with Crippen LogP contribution in [0.15, 0.2) is 48.7 Å². The third-order valence-corrected chi connectivity index (χ3v) is 5.84. The lowest BCUT2D eigenvalue weighted by molar-refractivity contribution is 0.624. The molecule has 2 aromatic carbocycles. The molecular weight excluding hydrogens is 321 g/mol. The molecule has 0 aliphatic carbocycles. The van der Waals surface area contributed by atoms with Gasteiger partial charge in [0.1, 0.15) is 5.82 Å². The second kappa shape index (κ2) is 5.40. The van der Waals surface area contributed by atoms with E-state index in [0.29, 0.717) is 17.2 Å². The number of fused-ring (bicyclic) bond motifs is 3. The number of benzene rings is 2. The van der Waals surface area contributed by atoms with E-state index in [2.05, 4.69) is 22.4 Å². The molecule has 0 saturated carbocycles. The first-order chi connectivity index (χ1) is 11.8. The van der Waals surface area contributed by atoms with Gasteiger partial charge in [0, 0.05) is 18.3 Å². The van der Waals surface area contributed by atoms with E-state index < -0.39 is 0 Å². The van der Waals surface area contributed by atoms with Crippen LogP contribution in [0.1, 0.15) is 17.9 Å². The molecule has 3 nitrogen and oxygen atoms in total. The Labute approximate surface area is 142 Å². The number of nitrogens with zero attached hydrogens (tertiary/aromatic N) is 2. The standard InChI is InChI=1S/C19H16FN3S/c20-15-9-12(13-7-8-21-10-13)5-6-14(15)16-11-23-17-3-1-2-4-18(17)24-19(23)22-16/h1-6,9,11,13,21H,7-8,10H2. The van der Waals surface area contributed by atoms with Crippen LogP contribution in [-0.2, 0) is 0 Å². The third kappa shape index (κ3) is 2.16. The molecular formula is C19H16FN3S. The number of aromatic nitrogens is 2. The Bertz CT molecular complexity index is 1040. The highest BCUT2D eigenvalue weighted by Crippen LogP contribution is 2.32. The molecule has 120 valence electrons. The molecule has 2 aromatic heterocycles. The summed E-state index contributed by atoms with van der Waals surface area (Å²) in [6, 6.07) is 13.8. The number of thiazole rings is 1. The summed E-state index contributed by atoms with van der Waals surface area (Å²) in [6.07, 6.45) is 3.01. The molecule has 1 aliphatic heterocycles. The number of imidazole rings is 1. The van der Waals surface area contributed by atoms with Crippen LogP contribution in [0.3, 0.4) is 0 Å². The van der Waals surface area contributed by atoms with E-state index in [4.69, 9.17) is 0 Å². The molecule has 1 saturated heterocycles. The average Bonchev–Trinajstić information content (AvgIpc) is 3.30. The Morgan fingerprint density at radius 3 is 2.96 bits per heavy atom. The lowest BCUT2D eigenvalue weighted by atomic mass is 9.96. The van der Waals surface area contributed by atoms with Gasteiger partial charge < -0.3 is 5.32 Å². The number of para-hydroxylation sites is 1. The molecule has 24 heavy (non-hydrogen) atoms. The number of nitrogens with one attached hydrogen (secondary N) is 1. The van der Waals surface area contributed by atoms with E-state index in [-0.39, 0.29) is 5.82 Å². The smallest absolute Gasteiger partial charge is 0.195 e. The number of halogens is 1. The van der Waals surface area contributed by atoms with Crippen molar-refractivity contribution in [3.63, 3.8) is 0 Å². The van der Waals surface area contributed by atoms with E-state index in [1.807, 2.05) is 34.9 Å². The van der Waals surface area contributed by atoms with E-state index in [1.54, 1.807) is 17.4 Å². The van der Waals surface area contributed by atoms with Gasteiger partial charge in [-0.3, -0.25) is 4.40 Å². The summed E-state index contributed by atoms with van der Waals surface area (Å²) in [7, 11) is 0. The molecule has 5 rings (SSSR count). The summed E-state index contributed by atoms with van der Waals surface area (Å²) in [5.74, 6) is 0.234. The molecule has 5 heteroatoms. The largest absolute Gasteiger partial charge is 0.316 e. The van der Waals surface area contributed by atoms with E-state index in [0.717, 1.165) is 35.6 Å². The van der Waals surface area contributed by atoms with Crippen molar-refractivity contribution in [2.45, 2.75) is 12.3 Å². The zero-order chi connectivity index (χ0) is 16.1. The highest BCUT2D eigenvalue weighted by atomic mass is 32.1. The monoisotopic (exact) mass is 337 g/mol. The molecule has 1 atom stereocenters.